The van der Waals surface area contributed by atoms with Gasteiger partial charge >= 0.3 is 0 Å². The lowest BCUT2D eigenvalue weighted by Crippen LogP contribution is -2.19. The van der Waals surface area contributed by atoms with Crippen LogP contribution >= 0.6 is 0 Å². The van der Waals surface area contributed by atoms with E-state index in [9.17, 15) is 8.60 Å². The van der Waals surface area contributed by atoms with E-state index in [1.807, 2.05) is 6.92 Å². The molecule has 0 aliphatic heterocycles. The quantitative estimate of drug-likeness (QED) is 0.855. The summed E-state index contributed by atoms with van der Waals surface area (Å²) in [5, 5.41) is 11.2. The van der Waals surface area contributed by atoms with Crippen LogP contribution in [0.1, 0.15) is 12.5 Å². The highest BCUT2D eigenvalue weighted by Crippen LogP contribution is 2.24. The maximum absolute atomic E-state index is 13.7. The van der Waals surface area contributed by atoms with Crippen molar-refractivity contribution in [1.29, 1.82) is 0 Å². The summed E-state index contributed by atoms with van der Waals surface area (Å²) < 4.78 is 26.7. The Hall–Kier alpha value is -1.83. The first-order chi connectivity index (χ1) is 9.40. The van der Waals surface area contributed by atoms with Crippen LogP contribution in [0.5, 0.6) is 0 Å². The number of nitrogens with two attached hydrogens (primary N) is 1. The fourth-order valence-corrected chi connectivity index (χ4v) is 2.06. The minimum Gasteiger partial charge on any atom is -0.398 e. The van der Waals surface area contributed by atoms with Gasteiger partial charge in [0.25, 0.3) is 0 Å². The summed E-state index contributed by atoms with van der Waals surface area (Å²) in [6.07, 6.45) is 1.62. The van der Waals surface area contributed by atoms with Gasteiger partial charge in [-0.1, -0.05) is 0 Å². The number of halogens is 1. The summed E-state index contributed by atoms with van der Waals surface area (Å²) in [6, 6.07) is 2.98. The van der Waals surface area contributed by atoms with Gasteiger partial charge in [0.15, 0.2) is 5.82 Å². The third-order valence-electron chi connectivity index (χ3n) is 3.17. The van der Waals surface area contributed by atoms with Crippen molar-refractivity contribution in [2.45, 2.75) is 25.6 Å². The van der Waals surface area contributed by atoms with E-state index < -0.39 is 16.6 Å². The Balaban J connectivity index is 2.40. The first kappa shape index (κ1) is 14.6. The van der Waals surface area contributed by atoms with Gasteiger partial charge in [0.05, 0.1) is 11.8 Å². The van der Waals surface area contributed by atoms with Gasteiger partial charge < -0.3 is 5.73 Å². The summed E-state index contributed by atoms with van der Waals surface area (Å²) in [7, 11) is -0.987. The van der Waals surface area contributed by atoms with Gasteiger partial charge in [0, 0.05) is 33.9 Å². The van der Waals surface area contributed by atoms with Gasteiger partial charge in [-0.2, -0.15) is 0 Å². The van der Waals surface area contributed by atoms with E-state index in [1.54, 1.807) is 19.2 Å². The number of nitrogens with zero attached hydrogens (tertiary/aromatic N) is 4. The molecule has 0 fully saturated rings. The van der Waals surface area contributed by atoms with E-state index in [2.05, 4.69) is 15.5 Å². The second kappa shape index (κ2) is 5.66. The van der Waals surface area contributed by atoms with E-state index in [-0.39, 0.29) is 5.25 Å². The van der Waals surface area contributed by atoms with Crippen LogP contribution in [0.15, 0.2) is 12.1 Å². The summed E-state index contributed by atoms with van der Waals surface area (Å²) in [6.45, 7) is 3.84. The molecule has 2 rings (SSSR count). The molecule has 1 aromatic carbocycles. The topological polar surface area (TPSA) is 86.7 Å². The van der Waals surface area contributed by atoms with E-state index in [4.69, 9.17) is 5.73 Å². The Kier molecular flexibility index (Phi) is 4.12. The molecule has 2 unspecified atom stereocenters. The molecule has 20 heavy (non-hydrogen) atoms. The minimum atomic E-state index is -0.987. The monoisotopic (exact) mass is 297 g/mol. The highest BCUT2D eigenvalue weighted by Gasteiger charge is 2.16. The van der Waals surface area contributed by atoms with Crippen molar-refractivity contribution in [2.24, 2.45) is 0 Å². The molecular formula is C12H16FN5OS. The molecular weight excluding hydrogens is 281 g/mol. The van der Waals surface area contributed by atoms with Gasteiger partial charge in [-0.05, 0) is 36.4 Å². The number of rotatable bonds is 4. The van der Waals surface area contributed by atoms with Crippen LogP contribution in [0.25, 0.3) is 11.4 Å². The lowest BCUT2D eigenvalue weighted by atomic mass is 10.1. The normalized spacial score (nSPS) is 14.2. The molecule has 2 N–H and O–H groups in total. The van der Waals surface area contributed by atoms with Gasteiger partial charge in [-0.15, -0.1) is 5.10 Å². The molecule has 108 valence electrons. The highest BCUT2D eigenvalue weighted by molar-refractivity contribution is 7.84. The Morgan fingerprint density at radius 1 is 1.50 bits per heavy atom. The predicted molar refractivity (Wildman–Crippen MR) is 75.9 cm³/mol. The summed E-state index contributed by atoms with van der Waals surface area (Å²) in [4.78, 5) is 0. The molecule has 2 atom stereocenters. The van der Waals surface area contributed by atoms with E-state index in [1.165, 1.54) is 10.7 Å². The van der Waals surface area contributed by atoms with Crippen LogP contribution < -0.4 is 5.73 Å². The average Bonchev–Trinajstić information content (AvgIpc) is 2.83. The number of tetrazole rings is 1. The fraction of sp³-hybridized carbons (Fsp3) is 0.417. The minimum absolute atomic E-state index is 0.107. The maximum atomic E-state index is 13.7. The van der Waals surface area contributed by atoms with Gasteiger partial charge in [-0.3, -0.25) is 4.21 Å². The van der Waals surface area contributed by atoms with Crippen LogP contribution in [0, 0.1) is 12.7 Å². The molecule has 2 aromatic rings. The second-order valence-electron chi connectivity index (χ2n) is 4.67. The zero-order chi connectivity index (χ0) is 14.9. The molecule has 1 aromatic heterocycles. The van der Waals surface area contributed by atoms with Crippen LogP contribution in [0.3, 0.4) is 0 Å². The van der Waals surface area contributed by atoms with E-state index in [0.29, 0.717) is 29.2 Å². The summed E-state index contributed by atoms with van der Waals surface area (Å²) in [5.41, 5.74) is 7.01. The van der Waals surface area contributed by atoms with Crippen LogP contribution in [0.2, 0.25) is 0 Å². The molecule has 1 heterocycles. The number of hydrogen-bond donors (Lipinski definition) is 1. The number of aromatic nitrogens is 4. The molecule has 0 aliphatic carbocycles. The smallest absolute Gasteiger partial charge is 0.182 e. The molecule has 0 amide bonds. The van der Waals surface area contributed by atoms with E-state index >= 15 is 0 Å². The van der Waals surface area contributed by atoms with Crippen molar-refractivity contribution in [2.75, 3.05) is 12.0 Å². The molecule has 0 saturated heterocycles. The lowest BCUT2D eigenvalue weighted by Gasteiger charge is -2.10. The number of hydrogen-bond acceptors (Lipinski definition) is 5. The van der Waals surface area contributed by atoms with Crippen molar-refractivity contribution < 1.29 is 8.60 Å². The molecule has 6 nitrogen and oxygen atoms in total. The molecule has 8 heteroatoms. The Labute approximate surface area is 118 Å². The largest absolute Gasteiger partial charge is 0.398 e. The maximum Gasteiger partial charge on any atom is 0.182 e. The molecule has 0 aliphatic rings. The summed E-state index contributed by atoms with van der Waals surface area (Å²) in [5.74, 6) is 0.00886. The number of nitrogen functional groups attached to an aromatic ring is 1. The number of anilines is 1. The highest BCUT2D eigenvalue weighted by atomic mass is 32.2. The van der Waals surface area contributed by atoms with Crippen LogP contribution in [-0.2, 0) is 17.3 Å². The zero-order valence-electron chi connectivity index (χ0n) is 11.5. The third-order valence-corrected chi connectivity index (χ3v) is 4.45. The van der Waals surface area contributed by atoms with Crippen molar-refractivity contribution in [3.05, 3.63) is 23.5 Å². The van der Waals surface area contributed by atoms with Crippen molar-refractivity contribution in [1.82, 2.24) is 20.2 Å². The third kappa shape index (κ3) is 2.84. The first-order valence-corrected chi connectivity index (χ1v) is 7.66. The summed E-state index contributed by atoms with van der Waals surface area (Å²) >= 11 is 0. The average molecular weight is 297 g/mol. The van der Waals surface area contributed by atoms with Crippen molar-refractivity contribution in [3.63, 3.8) is 0 Å². The Morgan fingerprint density at radius 2 is 2.20 bits per heavy atom. The fourth-order valence-electron chi connectivity index (χ4n) is 1.71. The SMILES string of the molecule is Cc1c(N)cc(-c2nnnn2CC(C)S(C)=O)cc1F. The van der Waals surface area contributed by atoms with Crippen molar-refractivity contribution >= 4 is 16.5 Å². The molecule has 0 bridgehead atoms. The lowest BCUT2D eigenvalue weighted by molar-refractivity contribution is 0.578. The van der Waals surface area contributed by atoms with Gasteiger partial charge in [0.2, 0.25) is 0 Å². The zero-order valence-corrected chi connectivity index (χ0v) is 12.3. The van der Waals surface area contributed by atoms with Crippen LogP contribution in [0.4, 0.5) is 10.1 Å². The van der Waals surface area contributed by atoms with E-state index in [0.717, 1.165) is 0 Å². The van der Waals surface area contributed by atoms with Crippen LogP contribution in [-0.4, -0.2) is 35.9 Å². The standard InChI is InChI=1S/C12H16FN5OS/c1-7(20(3)19)6-18-12(15-16-17-18)9-4-10(13)8(2)11(14)5-9/h4-5,7H,6,14H2,1-3H3. The van der Waals surface area contributed by atoms with Gasteiger partial charge in [0.1, 0.15) is 5.82 Å². The molecule has 0 radical (unpaired) electrons. The van der Waals surface area contributed by atoms with Crippen molar-refractivity contribution in [3.8, 4) is 11.4 Å². The molecule has 0 saturated carbocycles. The Morgan fingerprint density at radius 3 is 2.80 bits per heavy atom. The first-order valence-electron chi connectivity index (χ1n) is 6.04. The van der Waals surface area contributed by atoms with Gasteiger partial charge in [-0.25, -0.2) is 9.07 Å². The second-order valence-corrected chi connectivity index (χ2v) is 6.47. The Bertz CT molecular complexity index is 634. The number of benzene rings is 1. The molecule has 0 spiro atoms. The predicted octanol–water partition coefficient (Wildman–Crippen LogP) is 1.14.